The van der Waals surface area contributed by atoms with Crippen molar-refractivity contribution in [3.05, 3.63) is 35.4 Å². The highest BCUT2D eigenvalue weighted by molar-refractivity contribution is 5.75. The van der Waals surface area contributed by atoms with Gasteiger partial charge in [0.25, 0.3) is 0 Å². The molecule has 0 heterocycles. The van der Waals surface area contributed by atoms with E-state index >= 15 is 0 Å². The molecule has 0 aromatic heterocycles. The van der Waals surface area contributed by atoms with Crippen molar-refractivity contribution in [2.24, 2.45) is 0 Å². The Bertz CT molecular complexity index is 376. The monoisotopic (exact) mass is 249 g/mol. The molecule has 100 valence electrons. The van der Waals surface area contributed by atoms with Crippen LogP contribution in [0.4, 0.5) is 0 Å². The predicted molar refractivity (Wildman–Crippen MR) is 73.1 cm³/mol. The molecule has 18 heavy (non-hydrogen) atoms. The van der Waals surface area contributed by atoms with E-state index in [4.69, 9.17) is 4.84 Å². The molecule has 1 aromatic carbocycles. The molecule has 0 aliphatic heterocycles. The van der Waals surface area contributed by atoms with Crippen LogP contribution in [0.2, 0.25) is 0 Å². The maximum absolute atomic E-state index is 11.6. The van der Waals surface area contributed by atoms with Gasteiger partial charge in [0.2, 0.25) is 5.91 Å². The molecular formula is C15H23NO2. The third-order valence-corrected chi connectivity index (χ3v) is 2.54. The molecule has 0 saturated heterocycles. The Morgan fingerprint density at radius 3 is 2.22 bits per heavy atom. The lowest BCUT2D eigenvalue weighted by Gasteiger charge is -2.18. The largest absolute Gasteiger partial charge is 0.273 e. The Kier molecular flexibility index (Phi) is 5.35. The fraction of sp³-hybridized carbons (Fsp3) is 0.533. The van der Waals surface area contributed by atoms with E-state index in [1.165, 1.54) is 11.1 Å². The standard InChI is InChI=1S/C15H23NO2/c1-5-12-6-8-13(9-7-12)10-11-14(17)16-18-15(2,3)4/h6-9H,5,10-11H2,1-4H3,(H,16,17). The van der Waals surface area contributed by atoms with Crippen LogP contribution >= 0.6 is 0 Å². The van der Waals surface area contributed by atoms with Crippen molar-refractivity contribution in [1.82, 2.24) is 5.48 Å². The van der Waals surface area contributed by atoms with Crippen LogP contribution in [0, 0.1) is 0 Å². The molecule has 0 fully saturated rings. The minimum atomic E-state index is -0.349. The summed E-state index contributed by atoms with van der Waals surface area (Å²) in [5.41, 5.74) is 4.63. The van der Waals surface area contributed by atoms with Gasteiger partial charge in [-0.1, -0.05) is 31.2 Å². The van der Waals surface area contributed by atoms with Gasteiger partial charge in [0.1, 0.15) is 0 Å². The summed E-state index contributed by atoms with van der Waals surface area (Å²) in [5, 5.41) is 0. The van der Waals surface area contributed by atoms with Gasteiger partial charge in [-0.05, 0) is 44.7 Å². The summed E-state index contributed by atoms with van der Waals surface area (Å²) in [5.74, 6) is -0.0792. The van der Waals surface area contributed by atoms with E-state index in [-0.39, 0.29) is 11.5 Å². The molecule has 0 saturated carbocycles. The van der Waals surface area contributed by atoms with Gasteiger partial charge >= 0.3 is 0 Å². The summed E-state index contributed by atoms with van der Waals surface area (Å²) in [6.45, 7) is 7.83. The van der Waals surface area contributed by atoms with Crippen LogP contribution in [-0.2, 0) is 22.5 Å². The molecule has 0 aliphatic carbocycles. The minimum Gasteiger partial charge on any atom is -0.273 e. The fourth-order valence-corrected chi connectivity index (χ4v) is 1.46. The van der Waals surface area contributed by atoms with Crippen molar-refractivity contribution < 1.29 is 9.63 Å². The zero-order chi connectivity index (χ0) is 13.6. The molecule has 3 heteroatoms. The molecule has 0 bridgehead atoms. The van der Waals surface area contributed by atoms with E-state index in [0.717, 1.165) is 12.8 Å². The molecule has 0 unspecified atom stereocenters. The summed E-state index contributed by atoms with van der Waals surface area (Å²) < 4.78 is 0. The number of carbonyl (C=O) groups excluding carboxylic acids is 1. The van der Waals surface area contributed by atoms with Crippen molar-refractivity contribution >= 4 is 5.91 Å². The van der Waals surface area contributed by atoms with Crippen LogP contribution < -0.4 is 5.48 Å². The Balaban J connectivity index is 2.33. The number of benzene rings is 1. The fourth-order valence-electron chi connectivity index (χ4n) is 1.46. The van der Waals surface area contributed by atoms with Crippen LogP contribution in [0.25, 0.3) is 0 Å². The lowest BCUT2D eigenvalue weighted by molar-refractivity contribution is -0.145. The summed E-state index contributed by atoms with van der Waals surface area (Å²) in [6, 6.07) is 8.38. The first kappa shape index (κ1) is 14.7. The first-order chi connectivity index (χ1) is 8.40. The average molecular weight is 249 g/mol. The van der Waals surface area contributed by atoms with E-state index in [2.05, 4.69) is 36.7 Å². The molecule has 3 nitrogen and oxygen atoms in total. The Morgan fingerprint density at radius 1 is 1.17 bits per heavy atom. The SMILES string of the molecule is CCc1ccc(CCC(=O)NOC(C)(C)C)cc1. The molecule has 1 N–H and O–H groups in total. The first-order valence-electron chi connectivity index (χ1n) is 6.45. The van der Waals surface area contributed by atoms with Crippen LogP contribution in [0.1, 0.15) is 45.2 Å². The van der Waals surface area contributed by atoms with E-state index < -0.39 is 0 Å². The van der Waals surface area contributed by atoms with E-state index in [1.807, 2.05) is 20.8 Å². The van der Waals surface area contributed by atoms with Gasteiger partial charge in [-0.3, -0.25) is 9.63 Å². The van der Waals surface area contributed by atoms with Gasteiger partial charge in [-0.15, -0.1) is 0 Å². The second kappa shape index (κ2) is 6.55. The van der Waals surface area contributed by atoms with Gasteiger partial charge < -0.3 is 0 Å². The van der Waals surface area contributed by atoms with E-state index in [0.29, 0.717) is 6.42 Å². The van der Waals surface area contributed by atoms with Crippen LogP contribution in [0.5, 0.6) is 0 Å². The topological polar surface area (TPSA) is 38.3 Å². The lowest BCUT2D eigenvalue weighted by Crippen LogP contribution is -2.33. The molecule has 1 amide bonds. The Labute approximate surface area is 109 Å². The second-order valence-corrected chi connectivity index (χ2v) is 5.41. The highest BCUT2D eigenvalue weighted by atomic mass is 16.7. The molecular weight excluding hydrogens is 226 g/mol. The summed E-state index contributed by atoms with van der Waals surface area (Å²) in [6.07, 6.45) is 2.23. The highest BCUT2D eigenvalue weighted by Crippen LogP contribution is 2.08. The number of hydroxylamine groups is 1. The summed E-state index contributed by atoms with van der Waals surface area (Å²) in [7, 11) is 0. The molecule has 0 aliphatic rings. The number of amides is 1. The number of hydrogen-bond donors (Lipinski definition) is 1. The molecule has 1 rings (SSSR count). The van der Waals surface area contributed by atoms with Crippen molar-refractivity contribution in [3.8, 4) is 0 Å². The zero-order valence-electron chi connectivity index (χ0n) is 11.7. The van der Waals surface area contributed by atoms with Gasteiger partial charge in [-0.2, -0.15) is 0 Å². The first-order valence-corrected chi connectivity index (χ1v) is 6.45. The van der Waals surface area contributed by atoms with Crippen LogP contribution in [-0.4, -0.2) is 11.5 Å². The third-order valence-electron chi connectivity index (χ3n) is 2.54. The molecule has 0 atom stereocenters. The Morgan fingerprint density at radius 2 is 1.72 bits per heavy atom. The van der Waals surface area contributed by atoms with Crippen molar-refractivity contribution in [3.63, 3.8) is 0 Å². The lowest BCUT2D eigenvalue weighted by atomic mass is 10.1. The number of aryl methyl sites for hydroxylation is 2. The predicted octanol–water partition coefficient (Wildman–Crippen LogP) is 3.03. The van der Waals surface area contributed by atoms with Gasteiger partial charge in [0, 0.05) is 6.42 Å². The second-order valence-electron chi connectivity index (χ2n) is 5.41. The van der Waals surface area contributed by atoms with Crippen molar-refractivity contribution in [2.75, 3.05) is 0 Å². The number of hydrogen-bond acceptors (Lipinski definition) is 2. The van der Waals surface area contributed by atoms with Crippen LogP contribution in [0.15, 0.2) is 24.3 Å². The minimum absolute atomic E-state index is 0.0792. The van der Waals surface area contributed by atoms with E-state index in [1.54, 1.807) is 0 Å². The maximum Gasteiger partial charge on any atom is 0.243 e. The van der Waals surface area contributed by atoms with E-state index in [9.17, 15) is 4.79 Å². The molecule has 0 spiro atoms. The maximum atomic E-state index is 11.6. The highest BCUT2D eigenvalue weighted by Gasteiger charge is 2.12. The van der Waals surface area contributed by atoms with Gasteiger partial charge in [0.15, 0.2) is 0 Å². The molecule has 0 radical (unpaired) electrons. The van der Waals surface area contributed by atoms with Crippen LogP contribution in [0.3, 0.4) is 0 Å². The van der Waals surface area contributed by atoms with Gasteiger partial charge in [-0.25, -0.2) is 5.48 Å². The zero-order valence-corrected chi connectivity index (χ0v) is 11.7. The number of nitrogens with one attached hydrogen (secondary N) is 1. The van der Waals surface area contributed by atoms with Crippen molar-refractivity contribution in [2.45, 2.75) is 52.6 Å². The Hall–Kier alpha value is -1.35. The van der Waals surface area contributed by atoms with Crippen molar-refractivity contribution in [1.29, 1.82) is 0 Å². The number of rotatable bonds is 5. The smallest absolute Gasteiger partial charge is 0.243 e. The normalized spacial score (nSPS) is 11.3. The summed E-state index contributed by atoms with van der Waals surface area (Å²) in [4.78, 5) is 16.8. The number of carbonyl (C=O) groups is 1. The third kappa shape index (κ3) is 5.82. The average Bonchev–Trinajstić information content (AvgIpc) is 2.33. The van der Waals surface area contributed by atoms with Gasteiger partial charge in [0.05, 0.1) is 5.60 Å². The molecule has 1 aromatic rings. The summed E-state index contributed by atoms with van der Waals surface area (Å²) >= 11 is 0. The quantitative estimate of drug-likeness (QED) is 0.815.